The molecule has 14 heteroatoms. The lowest BCUT2D eigenvalue weighted by atomic mass is 9.33. The Morgan fingerprint density at radius 1 is 1.10 bits per heavy atom. The van der Waals surface area contributed by atoms with Crippen molar-refractivity contribution >= 4 is 40.7 Å². The number of phenols is 1. The largest absolute Gasteiger partial charge is 0.507 e. The van der Waals surface area contributed by atoms with E-state index in [9.17, 15) is 52.8 Å². The topological polar surface area (TPSA) is 187 Å². The quantitative estimate of drug-likeness (QED) is 0.253. The van der Waals surface area contributed by atoms with E-state index in [1.165, 1.54) is 19.1 Å². The van der Waals surface area contributed by atoms with E-state index >= 15 is 0 Å². The average Bonchev–Trinajstić information content (AvgIpc) is 2.96. The van der Waals surface area contributed by atoms with Crippen LogP contribution in [0.5, 0.6) is 5.75 Å². The summed E-state index contributed by atoms with van der Waals surface area (Å²) in [5.41, 5.74) is -2.59. The summed E-state index contributed by atoms with van der Waals surface area (Å²) in [6.45, 7) is 7.92. The molecule has 4 unspecified atom stereocenters. The molecule has 0 aliphatic heterocycles. The second-order valence-corrected chi connectivity index (χ2v) is 14.6. The third kappa shape index (κ3) is 4.72. The van der Waals surface area contributed by atoms with Gasteiger partial charge in [0.2, 0.25) is 11.8 Å². The van der Waals surface area contributed by atoms with Crippen LogP contribution >= 0.6 is 11.6 Å². The molecule has 48 heavy (non-hydrogen) atoms. The summed E-state index contributed by atoms with van der Waals surface area (Å²) in [6.07, 6.45) is -9.62. The Morgan fingerprint density at radius 2 is 1.73 bits per heavy atom. The normalized spacial score (nSPS) is 36.2. The maximum atomic E-state index is 14.3. The predicted octanol–water partition coefficient (Wildman–Crippen LogP) is 4.06. The monoisotopic (exact) mass is 694 g/mol. The lowest BCUT2D eigenvalue weighted by molar-refractivity contribution is -0.292. The number of ketones is 2. The number of primary amides is 1. The van der Waals surface area contributed by atoms with E-state index in [1.54, 1.807) is 33.8 Å². The molecular weight excluding hydrogens is 657 g/mol. The highest BCUT2D eigenvalue weighted by molar-refractivity contribution is 6.30. The summed E-state index contributed by atoms with van der Waals surface area (Å²) in [6, 6.07) is 7.12. The Morgan fingerprint density at radius 3 is 2.29 bits per heavy atom. The number of carbonyl (C=O) groups excluding carboxylic acids is 4. The number of benzene rings is 2. The van der Waals surface area contributed by atoms with Gasteiger partial charge in [0.15, 0.2) is 17.2 Å². The van der Waals surface area contributed by atoms with Gasteiger partial charge in [0.25, 0.3) is 0 Å². The van der Waals surface area contributed by atoms with E-state index in [0.717, 1.165) is 12.1 Å². The number of aliphatic hydroxyl groups excluding tert-OH is 2. The maximum Gasteiger partial charge on any atom is 0.418 e. The van der Waals surface area contributed by atoms with Crippen LogP contribution in [0.2, 0.25) is 5.02 Å². The van der Waals surface area contributed by atoms with Crippen LogP contribution in [-0.2, 0) is 20.6 Å². The van der Waals surface area contributed by atoms with Crippen LogP contribution in [0.3, 0.4) is 0 Å². The van der Waals surface area contributed by atoms with Gasteiger partial charge >= 0.3 is 6.18 Å². The highest BCUT2D eigenvalue weighted by atomic mass is 35.5. The van der Waals surface area contributed by atoms with Crippen LogP contribution in [0.1, 0.15) is 68.4 Å². The summed E-state index contributed by atoms with van der Waals surface area (Å²) in [4.78, 5) is 55.2. The molecule has 260 valence electrons. The lowest BCUT2D eigenvalue weighted by Gasteiger charge is -2.71. The van der Waals surface area contributed by atoms with Crippen LogP contribution in [0, 0.1) is 40.4 Å². The van der Waals surface area contributed by atoms with Crippen LogP contribution < -0.4 is 11.1 Å². The number of halogens is 4. The molecule has 3 aliphatic rings. The molecule has 2 aromatic carbocycles. The summed E-state index contributed by atoms with van der Waals surface area (Å²) >= 11 is 5.82. The first-order valence-corrected chi connectivity index (χ1v) is 15.9. The molecule has 0 spiro atoms. The first-order valence-electron chi connectivity index (χ1n) is 15.5. The number of hydrogen-bond acceptors (Lipinski definition) is 8. The molecule has 2 fully saturated rings. The van der Waals surface area contributed by atoms with Crippen molar-refractivity contribution in [1.82, 2.24) is 0 Å². The summed E-state index contributed by atoms with van der Waals surface area (Å²) in [7, 11) is 0. The number of rotatable bonds is 5. The lowest BCUT2D eigenvalue weighted by Crippen LogP contribution is -2.82. The molecule has 2 aromatic rings. The summed E-state index contributed by atoms with van der Waals surface area (Å²) in [5, 5.41) is 49.2. The Balaban J connectivity index is 1.78. The second kappa shape index (κ2) is 11.5. The second-order valence-electron chi connectivity index (χ2n) is 14.2. The number of Topliss-reactive ketones (excluding diaryl/α,β-unsaturated/α-hetero) is 2. The van der Waals surface area contributed by atoms with Crippen molar-refractivity contribution in [3.63, 3.8) is 0 Å². The number of hydrogen-bond donors (Lipinski definition) is 6. The molecule has 2 saturated carbocycles. The van der Waals surface area contributed by atoms with E-state index in [1.807, 2.05) is 0 Å². The zero-order valence-corrected chi connectivity index (χ0v) is 27.6. The molecule has 0 radical (unpaired) electrons. The minimum atomic E-state index is -4.91. The molecule has 0 saturated heterocycles. The van der Waals surface area contributed by atoms with Gasteiger partial charge in [-0.05, 0) is 58.9 Å². The fourth-order valence-electron chi connectivity index (χ4n) is 9.62. The van der Waals surface area contributed by atoms with Crippen LogP contribution in [0.25, 0.3) is 0 Å². The zero-order chi connectivity index (χ0) is 36.0. The van der Waals surface area contributed by atoms with Crippen LogP contribution in [0.4, 0.5) is 18.9 Å². The van der Waals surface area contributed by atoms with E-state index in [2.05, 4.69) is 5.32 Å². The number of aromatic hydroxyl groups is 1. The number of alkyl halides is 3. The van der Waals surface area contributed by atoms with E-state index in [0.29, 0.717) is 11.6 Å². The van der Waals surface area contributed by atoms with Crippen LogP contribution in [-0.4, -0.2) is 61.6 Å². The predicted molar refractivity (Wildman–Crippen MR) is 167 cm³/mol. The van der Waals surface area contributed by atoms with Crippen molar-refractivity contribution in [1.29, 1.82) is 0 Å². The molecule has 0 aromatic heterocycles. The number of aliphatic hydroxyl groups is 3. The van der Waals surface area contributed by atoms with E-state index in [-0.39, 0.29) is 10.6 Å². The number of nitrogens with two attached hydrogens (primary N) is 1. The van der Waals surface area contributed by atoms with Crippen LogP contribution in [0.15, 0.2) is 36.4 Å². The molecule has 10 atom stereocenters. The number of carbonyl (C=O) groups is 4. The van der Waals surface area contributed by atoms with Gasteiger partial charge in [-0.25, -0.2) is 0 Å². The van der Waals surface area contributed by atoms with Gasteiger partial charge < -0.3 is 31.5 Å². The Bertz CT molecular complexity index is 1720. The molecular formula is C34H38ClF3N2O8. The van der Waals surface area contributed by atoms with Gasteiger partial charge in [0.1, 0.15) is 17.8 Å². The minimum Gasteiger partial charge on any atom is -0.507 e. The molecule has 0 bridgehead atoms. The molecule has 0 heterocycles. The van der Waals surface area contributed by atoms with Gasteiger partial charge in [-0.15, -0.1) is 0 Å². The molecule has 10 nitrogen and oxygen atoms in total. The summed E-state index contributed by atoms with van der Waals surface area (Å²) in [5.74, 6) is -12.5. The van der Waals surface area contributed by atoms with Crippen molar-refractivity contribution in [2.75, 3.05) is 5.32 Å². The third-order valence-corrected chi connectivity index (χ3v) is 12.0. The van der Waals surface area contributed by atoms with Gasteiger partial charge in [-0.3, -0.25) is 19.2 Å². The van der Waals surface area contributed by atoms with Crippen molar-refractivity contribution < 1.29 is 52.8 Å². The van der Waals surface area contributed by atoms with Gasteiger partial charge in [-0.2, -0.15) is 13.2 Å². The van der Waals surface area contributed by atoms with Gasteiger partial charge in [-0.1, -0.05) is 58.4 Å². The first kappa shape index (κ1) is 35.8. The van der Waals surface area contributed by atoms with Gasteiger partial charge in [0.05, 0.1) is 28.8 Å². The highest BCUT2D eigenvalue weighted by Gasteiger charge is 2.80. The summed E-state index contributed by atoms with van der Waals surface area (Å²) < 4.78 is 41.9. The highest BCUT2D eigenvalue weighted by Crippen LogP contribution is 2.71. The molecule has 7 N–H and O–H groups in total. The number of anilines is 1. The maximum absolute atomic E-state index is 14.3. The fraction of sp³-hybridized carbons (Fsp3) is 0.529. The number of phenolic OH excluding ortho intramolecular Hbond substituents is 1. The number of fused-ring (bicyclic) bond motifs is 3. The third-order valence-electron chi connectivity index (χ3n) is 11.7. The minimum absolute atomic E-state index is 0.159. The Labute approximate surface area is 279 Å². The number of amides is 2. The standard InChI is InChI=1S/C34H38ClF3N2O8/c1-13(2)24-27(44)23(30(39)47)28(45)33(48)29(46)25-26(43)22-16(7-6-8-19(22)41)14(3)31(25,4)20(32(24,33)5)12-21(42)40-18-10-9-15(35)11-17(18)34(36,37)38/h6-11,13-14,20,23-25,27,29,41,44,46,48H,12H2,1-5H3,(H2,39,47)(H,40,42)/t14-,20-,23?,24+,25?,27?,29?,31-,32-,33+/m1/s1. The van der Waals surface area contributed by atoms with Gasteiger partial charge in [0, 0.05) is 16.9 Å². The Kier molecular flexibility index (Phi) is 8.60. The van der Waals surface area contributed by atoms with Crippen molar-refractivity contribution in [3.8, 4) is 5.75 Å². The Hall–Kier alpha value is -3.52. The van der Waals surface area contributed by atoms with Crippen molar-refractivity contribution in [3.05, 3.63) is 58.1 Å². The first-order chi connectivity index (χ1) is 22.1. The zero-order valence-electron chi connectivity index (χ0n) is 26.8. The molecule has 2 amide bonds. The molecule has 5 rings (SSSR count). The SMILES string of the molecule is CC(C)[C@H]1C(O)C(C(N)=O)C(=O)[C@]2(O)C(O)C3C(=O)c4c(O)cccc4[C@@H](C)[C@]3(C)[C@@H](CC(=O)Nc3ccc(Cl)cc3C(F)(F)F)[C@]12C. The average molecular weight is 695 g/mol. The molecule has 3 aliphatic carbocycles. The van der Waals surface area contributed by atoms with Crippen molar-refractivity contribution in [2.45, 2.75) is 70.9 Å². The van der Waals surface area contributed by atoms with Crippen molar-refractivity contribution in [2.24, 2.45) is 46.2 Å². The van der Waals surface area contributed by atoms with E-state index in [4.69, 9.17) is 17.3 Å². The fourth-order valence-corrected chi connectivity index (χ4v) is 9.79. The number of nitrogens with one attached hydrogen (secondary N) is 1. The smallest absolute Gasteiger partial charge is 0.418 e. The van der Waals surface area contributed by atoms with E-state index < -0.39 is 117 Å².